The maximum absolute atomic E-state index is 14.0. The molecule has 0 aliphatic carbocycles. The summed E-state index contributed by atoms with van der Waals surface area (Å²) >= 11 is 0. The van der Waals surface area contributed by atoms with Gasteiger partial charge in [-0.15, -0.1) is 0 Å². The van der Waals surface area contributed by atoms with Crippen LogP contribution in [0.5, 0.6) is 0 Å². The van der Waals surface area contributed by atoms with Crippen LogP contribution in [0.1, 0.15) is 37.3 Å². The molecule has 0 bridgehead atoms. The van der Waals surface area contributed by atoms with Gasteiger partial charge in [-0.2, -0.15) is 0 Å². The number of rotatable bonds is 4. The van der Waals surface area contributed by atoms with Crippen LogP contribution in [0.3, 0.4) is 0 Å². The maximum Gasteiger partial charge on any atom is 0.317 e. The number of piperidine rings is 1. The molecule has 1 atom stereocenters. The van der Waals surface area contributed by atoms with Crippen molar-refractivity contribution in [3.8, 4) is 0 Å². The van der Waals surface area contributed by atoms with Crippen LogP contribution in [0.2, 0.25) is 0 Å². The van der Waals surface area contributed by atoms with Gasteiger partial charge in [0.1, 0.15) is 11.6 Å². The molecular formula is C15H18F2N2O3. The third kappa shape index (κ3) is 3.93. The van der Waals surface area contributed by atoms with Crippen LogP contribution < -0.4 is 5.32 Å². The van der Waals surface area contributed by atoms with Crippen molar-refractivity contribution in [1.82, 2.24) is 10.2 Å². The summed E-state index contributed by atoms with van der Waals surface area (Å²) in [7, 11) is 0. The molecular weight excluding hydrogens is 294 g/mol. The number of carboxylic acids is 1. The number of carbonyl (C=O) groups excluding carboxylic acids is 1. The number of hydrogen-bond acceptors (Lipinski definition) is 2. The number of hydrogen-bond donors (Lipinski definition) is 2. The van der Waals surface area contributed by atoms with E-state index in [4.69, 9.17) is 5.11 Å². The number of urea groups is 1. The summed E-state index contributed by atoms with van der Waals surface area (Å²) in [6.07, 6.45) is 2.07. The summed E-state index contributed by atoms with van der Waals surface area (Å²) in [6, 6.07) is 2.46. The van der Waals surface area contributed by atoms with E-state index >= 15 is 0 Å². The molecule has 1 aromatic carbocycles. The van der Waals surface area contributed by atoms with Gasteiger partial charge in [-0.3, -0.25) is 4.79 Å². The van der Waals surface area contributed by atoms with E-state index in [1.807, 2.05) is 0 Å². The van der Waals surface area contributed by atoms with E-state index in [1.165, 1.54) is 17.0 Å². The van der Waals surface area contributed by atoms with Crippen molar-refractivity contribution in [3.63, 3.8) is 0 Å². The summed E-state index contributed by atoms with van der Waals surface area (Å²) in [4.78, 5) is 24.1. The Kier molecular flexibility index (Phi) is 5.30. The predicted octanol–water partition coefficient (Wildman–Crippen LogP) is 2.68. The van der Waals surface area contributed by atoms with Gasteiger partial charge in [0.25, 0.3) is 0 Å². The van der Waals surface area contributed by atoms with Crippen molar-refractivity contribution < 1.29 is 23.5 Å². The smallest absolute Gasteiger partial charge is 0.317 e. The fourth-order valence-electron chi connectivity index (χ4n) is 2.65. The molecule has 1 aliphatic heterocycles. The average Bonchev–Trinajstić information content (AvgIpc) is 2.47. The van der Waals surface area contributed by atoms with Crippen molar-refractivity contribution in [3.05, 3.63) is 35.4 Å². The molecule has 0 saturated carbocycles. The summed E-state index contributed by atoms with van der Waals surface area (Å²) in [5, 5.41) is 11.1. The lowest BCUT2D eigenvalue weighted by Crippen LogP contribution is -2.45. The Morgan fingerprint density at radius 1 is 1.32 bits per heavy atom. The zero-order valence-corrected chi connectivity index (χ0v) is 12.0. The standard InChI is InChI=1S/C15H18F2N2O3/c16-10-4-5-11(12(17)9-10)13-3-1-2-8-19(13)15(22)18-7-6-14(20)21/h4-5,9,13H,1-3,6-8H2,(H,18,22)(H,20,21). The zero-order chi connectivity index (χ0) is 16.1. The van der Waals surface area contributed by atoms with Crippen molar-refractivity contribution in [1.29, 1.82) is 0 Å². The minimum atomic E-state index is -1.000. The minimum absolute atomic E-state index is 0.0171. The van der Waals surface area contributed by atoms with Crippen LogP contribution >= 0.6 is 0 Å². The predicted molar refractivity (Wildman–Crippen MR) is 75.3 cm³/mol. The Bertz CT molecular complexity index is 566. The molecule has 1 saturated heterocycles. The van der Waals surface area contributed by atoms with E-state index in [9.17, 15) is 18.4 Å². The number of likely N-dealkylation sites (tertiary alicyclic amines) is 1. The lowest BCUT2D eigenvalue weighted by molar-refractivity contribution is -0.136. The van der Waals surface area contributed by atoms with E-state index in [-0.39, 0.29) is 18.5 Å². The minimum Gasteiger partial charge on any atom is -0.481 e. The second-order valence-electron chi connectivity index (χ2n) is 5.25. The number of carbonyl (C=O) groups is 2. The highest BCUT2D eigenvalue weighted by atomic mass is 19.1. The zero-order valence-electron chi connectivity index (χ0n) is 12.0. The van der Waals surface area contributed by atoms with Crippen molar-refractivity contribution in [2.24, 2.45) is 0 Å². The molecule has 2 amide bonds. The lowest BCUT2D eigenvalue weighted by Gasteiger charge is -2.36. The molecule has 1 aliphatic rings. The Balaban J connectivity index is 2.10. The Morgan fingerprint density at radius 3 is 2.77 bits per heavy atom. The topological polar surface area (TPSA) is 69.6 Å². The first kappa shape index (κ1) is 16.2. The number of benzene rings is 1. The van der Waals surface area contributed by atoms with Gasteiger partial charge in [0.15, 0.2) is 0 Å². The van der Waals surface area contributed by atoms with Gasteiger partial charge in [-0.25, -0.2) is 13.6 Å². The van der Waals surface area contributed by atoms with E-state index in [0.717, 1.165) is 18.9 Å². The second kappa shape index (κ2) is 7.20. The van der Waals surface area contributed by atoms with Gasteiger partial charge in [0, 0.05) is 24.7 Å². The first-order chi connectivity index (χ1) is 10.5. The van der Waals surface area contributed by atoms with Gasteiger partial charge in [-0.1, -0.05) is 6.07 Å². The third-order valence-electron chi connectivity index (χ3n) is 3.70. The van der Waals surface area contributed by atoms with Gasteiger partial charge >= 0.3 is 12.0 Å². The van der Waals surface area contributed by atoms with Gasteiger partial charge in [-0.05, 0) is 25.3 Å². The van der Waals surface area contributed by atoms with Crippen molar-refractivity contribution in [2.75, 3.05) is 13.1 Å². The molecule has 0 aromatic heterocycles. The van der Waals surface area contributed by atoms with Crippen LogP contribution in [0.4, 0.5) is 13.6 Å². The second-order valence-corrected chi connectivity index (χ2v) is 5.25. The van der Waals surface area contributed by atoms with Crippen molar-refractivity contribution >= 4 is 12.0 Å². The average molecular weight is 312 g/mol. The summed E-state index contributed by atoms with van der Waals surface area (Å²) in [6.45, 7) is 0.476. The van der Waals surface area contributed by atoms with Crippen LogP contribution in [-0.4, -0.2) is 35.1 Å². The SMILES string of the molecule is O=C(O)CCNC(=O)N1CCCCC1c1ccc(F)cc1F. The number of aliphatic carboxylic acids is 1. The number of carboxylic acid groups (broad SMARTS) is 1. The van der Waals surface area contributed by atoms with E-state index < -0.39 is 29.7 Å². The first-order valence-electron chi connectivity index (χ1n) is 7.20. The largest absolute Gasteiger partial charge is 0.481 e. The van der Waals surface area contributed by atoms with Crippen LogP contribution in [0, 0.1) is 11.6 Å². The number of amides is 2. The number of nitrogens with one attached hydrogen (secondary N) is 1. The maximum atomic E-state index is 14.0. The molecule has 7 heteroatoms. The molecule has 1 heterocycles. The molecule has 0 spiro atoms. The Hall–Kier alpha value is -2.18. The normalized spacial score (nSPS) is 18.1. The molecule has 22 heavy (non-hydrogen) atoms. The molecule has 2 rings (SSSR count). The molecule has 5 nitrogen and oxygen atoms in total. The first-order valence-corrected chi connectivity index (χ1v) is 7.20. The molecule has 1 unspecified atom stereocenters. The highest BCUT2D eigenvalue weighted by molar-refractivity contribution is 5.76. The highest BCUT2D eigenvalue weighted by Crippen LogP contribution is 2.32. The van der Waals surface area contributed by atoms with Crippen LogP contribution in [0.15, 0.2) is 18.2 Å². The molecule has 1 aromatic rings. The van der Waals surface area contributed by atoms with Crippen LogP contribution in [-0.2, 0) is 4.79 Å². The summed E-state index contributed by atoms with van der Waals surface area (Å²) in [5.74, 6) is -2.33. The molecule has 1 fully saturated rings. The van der Waals surface area contributed by atoms with Crippen LogP contribution in [0.25, 0.3) is 0 Å². The number of nitrogens with zero attached hydrogens (tertiary/aromatic N) is 1. The molecule has 0 radical (unpaired) electrons. The molecule has 2 N–H and O–H groups in total. The summed E-state index contributed by atoms with van der Waals surface area (Å²) < 4.78 is 27.0. The fraction of sp³-hybridized carbons (Fsp3) is 0.467. The van der Waals surface area contributed by atoms with E-state index in [1.54, 1.807) is 0 Å². The highest BCUT2D eigenvalue weighted by Gasteiger charge is 2.29. The molecule has 120 valence electrons. The lowest BCUT2D eigenvalue weighted by atomic mass is 9.95. The third-order valence-corrected chi connectivity index (χ3v) is 3.70. The van der Waals surface area contributed by atoms with E-state index in [2.05, 4.69) is 5.32 Å². The van der Waals surface area contributed by atoms with Crippen molar-refractivity contribution in [2.45, 2.75) is 31.7 Å². The Morgan fingerprint density at radius 2 is 2.09 bits per heavy atom. The van der Waals surface area contributed by atoms with Gasteiger partial charge in [0.2, 0.25) is 0 Å². The fourth-order valence-corrected chi connectivity index (χ4v) is 2.65. The number of halogens is 2. The Labute approximate surface area is 126 Å². The quantitative estimate of drug-likeness (QED) is 0.898. The van der Waals surface area contributed by atoms with E-state index in [0.29, 0.717) is 13.0 Å². The van der Waals surface area contributed by atoms with Gasteiger partial charge < -0.3 is 15.3 Å². The summed E-state index contributed by atoms with van der Waals surface area (Å²) in [5.41, 5.74) is 0.287. The monoisotopic (exact) mass is 312 g/mol. The van der Waals surface area contributed by atoms with Gasteiger partial charge in [0.05, 0.1) is 12.5 Å².